The highest BCUT2D eigenvalue weighted by atomic mass is 35.5. The molecule has 4 rings (SSSR count). The van der Waals surface area contributed by atoms with Crippen LogP contribution in [-0.2, 0) is 9.59 Å². The Hall–Kier alpha value is -4.57. The lowest BCUT2D eigenvalue weighted by atomic mass is 10.1. The lowest BCUT2D eigenvalue weighted by molar-refractivity contribution is -0.384. The number of ether oxygens (including phenoxy) is 1. The van der Waals surface area contributed by atoms with Gasteiger partial charge in [0, 0.05) is 30.5 Å². The van der Waals surface area contributed by atoms with Crippen molar-refractivity contribution in [2.24, 2.45) is 0 Å². The fourth-order valence-corrected chi connectivity index (χ4v) is 3.77. The van der Waals surface area contributed by atoms with Crippen LogP contribution in [0.3, 0.4) is 0 Å². The van der Waals surface area contributed by atoms with Crippen molar-refractivity contribution in [3.8, 4) is 11.5 Å². The third-order valence-corrected chi connectivity index (χ3v) is 5.69. The number of ketones is 1. The number of carbonyl (C=O) groups is 4. The first kappa shape index (κ1) is 24.6. The number of nitrogens with zero attached hydrogens (tertiary/aromatic N) is 3. The van der Waals surface area contributed by atoms with Crippen LogP contribution in [0.4, 0.5) is 5.69 Å². The Kier molecular flexibility index (Phi) is 7.07. The van der Waals surface area contributed by atoms with Crippen LogP contribution in [0, 0.1) is 10.1 Å². The molecule has 0 atom stereocenters. The summed E-state index contributed by atoms with van der Waals surface area (Å²) in [5.74, 6) is -1.71. The summed E-state index contributed by atoms with van der Waals surface area (Å²) in [5, 5.41) is 12.4. The van der Waals surface area contributed by atoms with Gasteiger partial charge in [-0.3, -0.25) is 29.3 Å². The highest BCUT2D eigenvalue weighted by Gasteiger charge is 2.38. The molecule has 3 aromatic carbocycles. The van der Waals surface area contributed by atoms with Crippen molar-refractivity contribution < 1.29 is 28.8 Å². The van der Waals surface area contributed by atoms with Crippen molar-refractivity contribution >= 4 is 40.8 Å². The van der Waals surface area contributed by atoms with Gasteiger partial charge in [-0.2, -0.15) is 5.01 Å². The number of nitro benzene ring substituents is 1. The summed E-state index contributed by atoms with van der Waals surface area (Å²) < 4.78 is 5.64. The number of hydrogen-bond acceptors (Lipinski definition) is 7. The third kappa shape index (κ3) is 5.23. The van der Waals surface area contributed by atoms with Crippen molar-refractivity contribution in [1.29, 1.82) is 0 Å². The quantitative estimate of drug-likeness (QED) is 0.191. The number of carbonyl (C=O) groups excluding carboxylic acids is 4. The zero-order chi connectivity index (χ0) is 25.8. The highest BCUT2D eigenvalue weighted by molar-refractivity contribution is 6.34. The molecule has 1 aliphatic heterocycles. The summed E-state index contributed by atoms with van der Waals surface area (Å²) in [6.07, 6.45) is -0.123. The summed E-state index contributed by atoms with van der Waals surface area (Å²) in [4.78, 5) is 61.2. The molecule has 0 radical (unpaired) electrons. The molecule has 0 N–H and O–H groups in total. The van der Waals surface area contributed by atoms with E-state index in [-0.39, 0.29) is 34.7 Å². The van der Waals surface area contributed by atoms with Gasteiger partial charge in [-0.05, 0) is 48.5 Å². The molecular formula is C25H18ClN3O7. The van der Waals surface area contributed by atoms with Crippen molar-refractivity contribution in [3.63, 3.8) is 0 Å². The molecule has 1 aliphatic rings. The minimum absolute atomic E-state index is 0.0475. The van der Waals surface area contributed by atoms with Gasteiger partial charge in [-0.15, -0.1) is 0 Å². The van der Waals surface area contributed by atoms with E-state index in [2.05, 4.69) is 0 Å². The number of Topliss-reactive ketones (excluding diaryl/α,β-unsaturated/α-hetero) is 1. The summed E-state index contributed by atoms with van der Waals surface area (Å²) in [5.41, 5.74) is 0.183. The number of benzene rings is 3. The molecule has 0 bridgehead atoms. The average molecular weight is 508 g/mol. The second-order valence-electron chi connectivity index (χ2n) is 7.74. The zero-order valence-corrected chi connectivity index (χ0v) is 19.4. The molecule has 10 nitrogen and oxygen atoms in total. The van der Waals surface area contributed by atoms with Gasteiger partial charge in [0.2, 0.25) is 11.8 Å². The predicted octanol–water partition coefficient (Wildman–Crippen LogP) is 4.43. The number of rotatable bonds is 8. The Morgan fingerprint density at radius 1 is 0.917 bits per heavy atom. The number of nitro groups is 1. The van der Waals surface area contributed by atoms with Crippen LogP contribution in [0.1, 0.15) is 33.6 Å². The number of hydrazine groups is 1. The minimum Gasteiger partial charge on any atom is -0.457 e. The second kappa shape index (κ2) is 10.4. The normalized spacial score (nSPS) is 13.0. The number of non-ortho nitro benzene ring substituents is 1. The maximum Gasteiger partial charge on any atom is 0.274 e. The second-order valence-corrected chi connectivity index (χ2v) is 8.15. The van der Waals surface area contributed by atoms with E-state index in [9.17, 15) is 29.3 Å². The Bertz CT molecular complexity index is 1340. The fraction of sp³-hybridized carbons (Fsp3) is 0.120. The Labute approximate surface area is 209 Å². The predicted molar refractivity (Wildman–Crippen MR) is 128 cm³/mol. The smallest absolute Gasteiger partial charge is 0.274 e. The third-order valence-electron chi connectivity index (χ3n) is 5.36. The topological polar surface area (TPSA) is 127 Å². The Morgan fingerprint density at radius 2 is 1.47 bits per heavy atom. The van der Waals surface area contributed by atoms with Crippen LogP contribution in [0.2, 0.25) is 5.02 Å². The van der Waals surface area contributed by atoms with Gasteiger partial charge >= 0.3 is 0 Å². The molecule has 3 aromatic rings. The van der Waals surface area contributed by atoms with Crippen molar-refractivity contribution in [2.45, 2.75) is 12.8 Å². The number of halogens is 1. The van der Waals surface area contributed by atoms with Crippen LogP contribution in [-0.4, -0.2) is 45.0 Å². The van der Waals surface area contributed by atoms with Crippen LogP contribution in [0.5, 0.6) is 11.5 Å². The van der Waals surface area contributed by atoms with Gasteiger partial charge in [0.1, 0.15) is 18.0 Å². The van der Waals surface area contributed by atoms with Gasteiger partial charge in [-0.1, -0.05) is 23.7 Å². The molecule has 1 fully saturated rings. The number of hydrogen-bond donors (Lipinski definition) is 0. The number of imide groups is 1. The number of amides is 3. The molecule has 3 amide bonds. The molecule has 0 unspecified atom stereocenters. The van der Waals surface area contributed by atoms with Gasteiger partial charge in [0.15, 0.2) is 5.78 Å². The highest BCUT2D eigenvalue weighted by Crippen LogP contribution is 2.25. The van der Waals surface area contributed by atoms with E-state index in [4.69, 9.17) is 16.3 Å². The summed E-state index contributed by atoms with van der Waals surface area (Å²) in [6, 6.07) is 17.6. The minimum atomic E-state index is -0.754. The maximum absolute atomic E-state index is 13.2. The molecule has 0 saturated carbocycles. The summed E-state index contributed by atoms with van der Waals surface area (Å²) >= 11 is 6.14. The monoisotopic (exact) mass is 507 g/mol. The SMILES string of the molecule is O=C(CN(C(=O)c1ccccc1Cl)N1C(=O)CCC1=O)c1ccc(Oc2ccc([N+](=O)[O-])cc2)cc1. The van der Waals surface area contributed by atoms with E-state index in [0.29, 0.717) is 16.5 Å². The van der Waals surface area contributed by atoms with Gasteiger partial charge in [-0.25, -0.2) is 5.01 Å². The first-order valence-corrected chi connectivity index (χ1v) is 11.1. The van der Waals surface area contributed by atoms with Gasteiger partial charge in [0.05, 0.1) is 15.5 Å². The first-order chi connectivity index (χ1) is 17.2. The van der Waals surface area contributed by atoms with Crippen LogP contribution < -0.4 is 4.74 Å². The van der Waals surface area contributed by atoms with Gasteiger partial charge in [0.25, 0.3) is 11.6 Å². The van der Waals surface area contributed by atoms with E-state index in [1.807, 2.05) is 0 Å². The van der Waals surface area contributed by atoms with Crippen molar-refractivity contribution in [3.05, 3.63) is 99.1 Å². The van der Waals surface area contributed by atoms with E-state index in [1.165, 1.54) is 60.7 Å². The van der Waals surface area contributed by atoms with E-state index in [1.54, 1.807) is 12.1 Å². The molecule has 0 aliphatic carbocycles. The lowest BCUT2D eigenvalue weighted by Crippen LogP contribution is -2.51. The standard InChI is InChI=1S/C25H18ClN3O7/c26-21-4-2-1-3-20(21)25(33)27(28-23(31)13-14-24(28)32)15-22(30)16-5-9-18(10-6-16)36-19-11-7-17(8-12-19)29(34)35/h1-12H,13-15H2. The molecule has 0 spiro atoms. The average Bonchev–Trinajstić information content (AvgIpc) is 3.20. The van der Waals surface area contributed by atoms with Crippen molar-refractivity contribution in [1.82, 2.24) is 10.0 Å². The van der Waals surface area contributed by atoms with E-state index < -0.39 is 35.0 Å². The molecule has 1 heterocycles. The molecule has 36 heavy (non-hydrogen) atoms. The lowest BCUT2D eigenvalue weighted by Gasteiger charge is -2.29. The van der Waals surface area contributed by atoms with Crippen LogP contribution in [0.25, 0.3) is 0 Å². The van der Waals surface area contributed by atoms with Gasteiger partial charge < -0.3 is 4.74 Å². The van der Waals surface area contributed by atoms with Crippen molar-refractivity contribution in [2.75, 3.05) is 6.54 Å². The summed E-state index contributed by atoms with van der Waals surface area (Å²) in [6.45, 7) is -0.565. The molecule has 11 heteroatoms. The largest absolute Gasteiger partial charge is 0.457 e. The zero-order valence-electron chi connectivity index (χ0n) is 18.6. The Morgan fingerprint density at radius 3 is 2.03 bits per heavy atom. The van der Waals surface area contributed by atoms with Crippen LogP contribution in [0.15, 0.2) is 72.8 Å². The molecule has 1 saturated heterocycles. The van der Waals surface area contributed by atoms with Crippen LogP contribution >= 0.6 is 11.6 Å². The van der Waals surface area contributed by atoms with E-state index in [0.717, 1.165) is 5.01 Å². The maximum atomic E-state index is 13.2. The van der Waals surface area contributed by atoms with E-state index >= 15 is 0 Å². The molecular weight excluding hydrogens is 490 g/mol. The first-order valence-electron chi connectivity index (χ1n) is 10.7. The molecule has 0 aromatic heterocycles. The summed E-state index contributed by atoms with van der Waals surface area (Å²) in [7, 11) is 0. The molecule has 182 valence electrons. The fourth-order valence-electron chi connectivity index (χ4n) is 3.55. The Balaban J connectivity index is 1.52.